The third kappa shape index (κ3) is 2.65. The van der Waals surface area contributed by atoms with Crippen LogP contribution in [0.25, 0.3) is 10.1 Å². The Bertz CT molecular complexity index is 533. The van der Waals surface area contributed by atoms with E-state index >= 15 is 0 Å². The molecule has 2 aromatic rings. The SMILES string of the molecule is CC(C)C(N)C(=O)Nc1ccc2sccc2c1. The van der Waals surface area contributed by atoms with Crippen LogP contribution in [-0.4, -0.2) is 11.9 Å². The molecule has 0 bridgehead atoms. The van der Waals surface area contributed by atoms with E-state index in [0.29, 0.717) is 0 Å². The summed E-state index contributed by atoms with van der Waals surface area (Å²) in [5.74, 6) is 0.00876. The monoisotopic (exact) mass is 248 g/mol. The molecule has 0 aliphatic rings. The molecule has 0 fully saturated rings. The van der Waals surface area contributed by atoms with Crippen molar-refractivity contribution < 1.29 is 4.79 Å². The summed E-state index contributed by atoms with van der Waals surface area (Å²) in [6.45, 7) is 3.87. The number of nitrogens with one attached hydrogen (secondary N) is 1. The van der Waals surface area contributed by atoms with Crippen molar-refractivity contribution in [3.63, 3.8) is 0 Å². The fourth-order valence-corrected chi connectivity index (χ4v) is 2.34. The minimum atomic E-state index is -0.465. The zero-order valence-electron chi connectivity index (χ0n) is 9.94. The van der Waals surface area contributed by atoms with Crippen LogP contribution < -0.4 is 11.1 Å². The summed E-state index contributed by atoms with van der Waals surface area (Å²) in [6, 6.07) is 7.46. The molecule has 0 saturated heterocycles. The van der Waals surface area contributed by atoms with Gasteiger partial charge in [-0.05, 0) is 40.9 Å². The Morgan fingerprint density at radius 2 is 2.12 bits per heavy atom. The Morgan fingerprint density at radius 1 is 1.35 bits per heavy atom. The summed E-state index contributed by atoms with van der Waals surface area (Å²) in [7, 11) is 0. The van der Waals surface area contributed by atoms with Crippen molar-refractivity contribution in [3.05, 3.63) is 29.6 Å². The van der Waals surface area contributed by atoms with Gasteiger partial charge in [-0.15, -0.1) is 11.3 Å². The number of benzene rings is 1. The van der Waals surface area contributed by atoms with Gasteiger partial charge >= 0.3 is 0 Å². The lowest BCUT2D eigenvalue weighted by molar-refractivity contribution is -0.118. The minimum Gasteiger partial charge on any atom is -0.325 e. The molecule has 3 N–H and O–H groups in total. The van der Waals surface area contributed by atoms with E-state index in [4.69, 9.17) is 5.73 Å². The Kier molecular flexibility index (Phi) is 3.45. The summed E-state index contributed by atoms with van der Waals surface area (Å²) in [5, 5.41) is 6.03. The van der Waals surface area contributed by atoms with Crippen molar-refractivity contribution in [3.8, 4) is 0 Å². The van der Waals surface area contributed by atoms with Gasteiger partial charge in [0.15, 0.2) is 0 Å². The maximum absolute atomic E-state index is 11.8. The number of anilines is 1. The van der Waals surface area contributed by atoms with Gasteiger partial charge in [-0.25, -0.2) is 0 Å². The van der Waals surface area contributed by atoms with E-state index in [1.807, 2.05) is 43.5 Å². The molecule has 0 saturated carbocycles. The number of hydrogen-bond acceptors (Lipinski definition) is 3. The number of fused-ring (bicyclic) bond motifs is 1. The molecule has 3 nitrogen and oxygen atoms in total. The molecular formula is C13H16N2OS. The van der Waals surface area contributed by atoms with E-state index in [0.717, 1.165) is 11.1 Å². The van der Waals surface area contributed by atoms with Crippen LogP contribution in [0.15, 0.2) is 29.6 Å². The predicted molar refractivity (Wildman–Crippen MR) is 73.3 cm³/mol. The number of rotatable bonds is 3. The van der Waals surface area contributed by atoms with E-state index < -0.39 is 6.04 Å². The normalized spacial score (nSPS) is 12.9. The number of hydrogen-bond donors (Lipinski definition) is 2. The fraction of sp³-hybridized carbons (Fsp3) is 0.308. The molecule has 90 valence electrons. The van der Waals surface area contributed by atoms with Crippen LogP contribution in [0.5, 0.6) is 0 Å². The van der Waals surface area contributed by atoms with Gasteiger partial charge in [0.2, 0.25) is 5.91 Å². The van der Waals surface area contributed by atoms with Crippen LogP contribution in [0.1, 0.15) is 13.8 Å². The Balaban J connectivity index is 2.15. The number of nitrogens with two attached hydrogens (primary N) is 1. The predicted octanol–water partition coefficient (Wildman–Crippen LogP) is 2.82. The lowest BCUT2D eigenvalue weighted by Crippen LogP contribution is -2.39. The van der Waals surface area contributed by atoms with Crippen LogP contribution in [0, 0.1) is 5.92 Å². The van der Waals surface area contributed by atoms with Gasteiger partial charge in [-0.1, -0.05) is 13.8 Å². The molecule has 4 heteroatoms. The third-order valence-electron chi connectivity index (χ3n) is 2.74. The van der Waals surface area contributed by atoms with E-state index in [2.05, 4.69) is 5.32 Å². The Morgan fingerprint density at radius 3 is 2.82 bits per heavy atom. The molecule has 1 aromatic carbocycles. The number of amides is 1. The maximum atomic E-state index is 11.8. The molecule has 0 aliphatic carbocycles. The molecule has 1 aromatic heterocycles. The van der Waals surface area contributed by atoms with Gasteiger partial charge in [-0.3, -0.25) is 4.79 Å². The first-order chi connectivity index (χ1) is 8.08. The molecule has 0 aliphatic heterocycles. The average Bonchev–Trinajstić information content (AvgIpc) is 2.74. The summed E-state index contributed by atoms with van der Waals surface area (Å²) >= 11 is 1.69. The largest absolute Gasteiger partial charge is 0.325 e. The third-order valence-corrected chi connectivity index (χ3v) is 3.64. The van der Waals surface area contributed by atoms with E-state index in [1.165, 1.54) is 4.70 Å². The van der Waals surface area contributed by atoms with E-state index in [9.17, 15) is 4.79 Å². The number of carbonyl (C=O) groups is 1. The van der Waals surface area contributed by atoms with Crippen LogP contribution in [0.4, 0.5) is 5.69 Å². The van der Waals surface area contributed by atoms with Crippen LogP contribution in [-0.2, 0) is 4.79 Å². The zero-order chi connectivity index (χ0) is 12.4. The Hall–Kier alpha value is -1.39. The topological polar surface area (TPSA) is 55.1 Å². The second kappa shape index (κ2) is 4.85. The molecule has 1 amide bonds. The number of thiophene rings is 1. The van der Waals surface area contributed by atoms with Crippen molar-refractivity contribution >= 4 is 33.0 Å². The van der Waals surface area contributed by atoms with Crippen molar-refractivity contribution in [2.45, 2.75) is 19.9 Å². The second-order valence-electron chi connectivity index (χ2n) is 4.43. The highest BCUT2D eigenvalue weighted by atomic mass is 32.1. The van der Waals surface area contributed by atoms with Crippen molar-refractivity contribution in [1.29, 1.82) is 0 Å². The molecule has 1 atom stereocenters. The first-order valence-electron chi connectivity index (χ1n) is 5.61. The summed E-state index contributed by atoms with van der Waals surface area (Å²) in [5.41, 5.74) is 6.59. The highest BCUT2D eigenvalue weighted by Gasteiger charge is 2.17. The quantitative estimate of drug-likeness (QED) is 0.877. The molecule has 2 rings (SSSR count). The fourth-order valence-electron chi connectivity index (χ4n) is 1.57. The standard InChI is InChI=1S/C13H16N2OS/c1-8(2)12(14)13(16)15-10-3-4-11-9(7-10)5-6-17-11/h3-8,12H,14H2,1-2H3,(H,15,16). The molecule has 0 spiro atoms. The first-order valence-corrected chi connectivity index (χ1v) is 6.49. The second-order valence-corrected chi connectivity index (χ2v) is 5.38. The van der Waals surface area contributed by atoms with Gasteiger partial charge in [0.25, 0.3) is 0 Å². The minimum absolute atomic E-state index is 0.130. The lowest BCUT2D eigenvalue weighted by atomic mass is 10.0. The zero-order valence-corrected chi connectivity index (χ0v) is 10.8. The van der Waals surface area contributed by atoms with E-state index in [-0.39, 0.29) is 11.8 Å². The molecular weight excluding hydrogens is 232 g/mol. The summed E-state index contributed by atoms with van der Waals surface area (Å²) in [4.78, 5) is 11.8. The summed E-state index contributed by atoms with van der Waals surface area (Å²) in [6.07, 6.45) is 0. The first kappa shape index (κ1) is 12.1. The van der Waals surface area contributed by atoms with Gasteiger partial charge < -0.3 is 11.1 Å². The van der Waals surface area contributed by atoms with Crippen LogP contribution >= 0.6 is 11.3 Å². The lowest BCUT2D eigenvalue weighted by Gasteiger charge is -2.15. The molecule has 1 heterocycles. The highest BCUT2D eigenvalue weighted by molar-refractivity contribution is 7.17. The van der Waals surface area contributed by atoms with E-state index in [1.54, 1.807) is 11.3 Å². The van der Waals surface area contributed by atoms with Crippen molar-refractivity contribution in [1.82, 2.24) is 0 Å². The highest BCUT2D eigenvalue weighted by Crippen LogP contribution is 2.24. The van der Waals surface area contributed by atoms with Gasteiger partial charge in [0.05, 0.1) is 6.04 Å². The van der Waals surface area contributed by atoms with Gasteiger partial charge in [0, 0.05) is 10.4 Å². The van der Waals surface area contributed by atoms with Crippen LogP contribution in [0.2, 0.25) is 0 Å². The summed E-state index contributed by atoms with van der Waals surface area (Å²) < 4.78 is 1.22. The molecule has 0 radical (unpaired) electrons. The van der Waals surface area contributed by atoms with Gasteiger partial charge in [0.1, 0.15) is 0 Å². The van der Waals surface area contributed by atoms with Gasteiger partial charge in [-0.2, -0.15) is 0 Å². The smallest absolute Gasteiger partial charge is 0.241 e. The molecule has 1 unspecified atom stereocenters. The van der Waals surface area contributed by atoms with Crippen molar-refractivity contribution in [2.75, 3.05) is 5.32 Å². The van der Waals surface area contributed by atoms with Crippen LogP contribution in [0.3, 0.4) is 0 Å². The number of carbonyl (C=O) groups excluding carboxylic acids is 1. The Labute approximate surface area is 105 Å². The van der Waals surface area contributed by atoms with Crippen molar-refractivity contribution in [2.24, 2.45) is 11.7 Å². The maximum Gasteiger partial charge on any atom is 0.241 e. The average molecular weight is 248 g/mol. The molecule has 17 heavy (non-hydrogen) atoms.